The molecule has 7 heteroatoms. The highest BCUT2D eigenvalue weighted by atomic mass is 19.3. The maximum absolute atomic E-state index is 13.3. The number of nitrogens with zero attached hydrogens (tertiary/aromatic N) is 1. The van der Waals surface area contributed by atoms with Crippen molar-refractivity contribution in [3.63, 3.8) is 0 Å². The molecule has 0 aromatic heterocycles. The molecular formula is C13H20F4N2O. The molecule has 2 rings (SSSR count). The molecule has 116 valence electrons. The summed E-state index contributed by atoms with van der Waals surface area (Å²) in [5.74, 6) is -4.74. The van der Waals surface area contributed by atoms with E-state index in [0.29, 0.717) is 12.8 Å². The van der Waals surface area contributed by atoms with Gasteiger partial charge >= 0.3 is 12.3 Å². The van der Waals surface area contributed by atoms with Crippen molar-refractivity contribution < 1.29 is 22.4 Å². The molecule has 0 radical (unpaired) electrons. The average Bonchev–Trinajstić information content (AvgIpc) is 2.90. The molecule has 0 aromatic rings. The van der Waals surface area contributed by atoms with Crippen molar-refractivity contribution in [2.24, 2.45) is 5.92 Å². The Labute approximate surface area is 115 Å². The Hall–Kier alpha value is -0.850. The van der Waals surface area contributed by atoms with Crippen molar-refractivity contribution in [3.8, 4) is 0 Å². The quantitative estimate of drug-likeness (QED) is 0.809. The lowest BCUT2D eigenvalue weighted by atomic mass is 9.98. The molecule has 1 N–H and O–H groups in total. The van der Waals surface area contributed by atoms with Crippen LogP contribution < -0.4 is 5.32 Å². The Bertz CT molecular complexity index is 381. The maximum atomic E-state index is 13.3. The highest BCUT2D eigenvalue weighted by molar-refractivity contribution is 5.89. The number of hydrogen-bond donors (Lipinski definition) is 1. The molecule has 3 nitrogen and oxygen atoms in total. The molecule has 0 bridgehead atoms. The normalized spacial score (nSPS) is 26.5. The zero-order chi connectivity index (χ0) is 15.1. The number of hydrogen-bond acceptors (Lipinski definition) is 2. The van der Waals surface area contributed by atoms with Crippen LogP contribution in [0.1, 0.15) is 39.5 Å². The van der Waals surface area contributed by atoms with Gasteiger partial charge in [0.05, 0.1) is 18.2 Å². The van der Waals surface area contributed by atoms with Crippen LogP contribution in [0.5, 0.6) is 0 Å². The third kappa shape index (κ3) is 2.52. The number of halogens is 4. The van der Waals surface area contributed by atoms with Crippen LogP contribution in [0.4, 0.5) is 17.6 Å². The van der Waals surface area contributed by atoms with Crippen molar-refractivity contribution in [3.05, 3.63) is 0 Å². The predicted molar refractivity (Wildman–Crippen MR) is 65.6 cm³/mol. The molecule has 1 aliphatic carbocycles. The summed E-state index contributed by atoms with van der Waals surface area (Å²) < 4.78 is 51.4. The first-order chi connectivity index (χ1) is 9.19. The van der Waals surface area contributed by atoms with E-state index in [2.05, 4.69) is 5.32 Å². The van der Waals surface area contributed by atoms with Crippen molar-refractivity contribution in [1.29, 1.82) is 0 Å². The van der Waals surface area contributed by atoms with Crippen LogP contribution in [0.25, 0.3) is 0 Å². The van der Waals surface area contributed by atoms with E-state index < -0.39 is 36.5 Å². The Morgan fingerprint density at radius 3 is 2.35 bits per heavy atom. The molecule has 1 saturated heterocycles. The summed E-state index contributed by atoms with van der Waals surface area (Å²) in [4.78, 5) is 13.3. The van der Waals surface area contributed by atoms with E-state index in [0.717, 1.165) is 17.7 Å². The molecular weight excluding hydrogens is 276 g/mol. The Morgan fingerprint density at radius 2 is 1.90 bits per heavy atom. The summed E-state index contributed by atoms with van der Waals surface area (Å²) >= 11 is 0. The molecule has 1 spiro atoms. The van der Waals surface area contributed by atoms with Crippen molar-refractivity contribution in [1.82, 2.24) is 10.2 Å². The first-order valence-corrected chi connectivity index (χ1v) is 6.94. The molecule has 1 heterocycles. The second-order valence-electron chi connectivity index (χ2n) is 6.12. The highest BCUT2D eigenvalue weighted by Gasteiger charge is 2.56. The first-order valence-electron chi connectivity index (χ1n) is 6.94. The van der Waals surface area contributed by atoms with Crippen molar-refractivity contribution >= 4 is 5.91 Å². The molecule has 1 aliphatic heterocycles. The van der Waals surface area contributed by atoms with E-state index in [-0.39, 0.29) is 5.92 Å². The Morgan fingerprint density at radius 1 is 1.35 bits per heavy atom. The van der Waals surface area contributed by atoms with Gasteiger partial charge in [0.25, 0.3) is 0 Å². The summed E-state index contributed by atoms with van der Waals surface area (Å²) in [5, 5.41) is 3.13. The fraction of sp³-hybridized carbons (Fsp3) is 0.923. The molecule has 0 aromatic carbocycles. The third-order valence-electron chi connectivity index (χ3n) is 4.22. The lowest BCUT2D eigenvalue weighted by Gasteiger charge is -2.30. The van der Waals surface area contributed by atoms with Gasteiger partial charge in [-0.25, -0.2) is 8.78 Å². The topological polar surface area (TPSA) is 32.3 Å². The number of carbonyl (C=O) groups excluding carboxylic acids is 1. The smallest absolute Gasteiger partial charge is 0.319 e. The van der Waals surface area contributed by atoms with E-state index in [1.807, 2.05) is 0 Å². The second kappa shape index (κ2) is 5.16. The zero-order valence-corrected chi connectivity index (χ0v) is 11.6. The lowest BCUT2D eigenvalue weighted by molar-refractivity contribution is -0.159. The summed E-state index contributed by atoms with van der Waals surface area (Å²) in [7, 11) is 0. The molecule has 20 heavy (non-hydrogen) atoms. The number of carbonyl (C=O) groups is 1. The van der Waals surface area contributed by atoms with E-state index in [4.69, 9.17) is 0 Å². The minimum atomic E-state index is -4.17. The maximum Gasteiger partial charge on any atom is 0.324 e. The van der Waals surface area contributed by atoms with Gasteiger partial charge in [0.15, 0.2) is 0 Å². The molecule has 1 atom stereocenters. The van der Waals surface area contributed by atoms with E-state index >= 15 is 0 Å². The van der Waals surface area contributed by atoms with Gasteiger partial charge in [0.2, 0.25) is 5.91 Å². The van der Waals surface area contributed by atoms with Gasteiger partial charge in [0, 0.05) is 0 Å². The van der Waals surface area contributed by atoms with Crippen LogP contribution >= 0.6 is 0 Å². The van der Waals surface area contributed by atoms with Crippen molar-refractivity contribution in [2.75, 3.05) is 6.54 Å². The van der Waals surface area contributed by atoms with Crippen molar-refractivity contribution in [2.45, 2.75) is 63.6 Å². The van der Waals surface area contributed by atoms with Gasteiger partial charge in [-0.2, -0.15) is 8.78 Å². The molecule has 2 fully saturated rings. The standard InChI is InChI=1S/C13H20F4N2O/c1-8(2)9-18-12(5-3-4-6-12)11(20)19(9)7-13(16,17)10(14)15/h8-10,18H,3-7H2,1-2H3. The largest absolute Gasteiger partial charge is 0.324 e. The van der Waals surface area contributed by atoms with Crippen LogP contribution in [0.15, 0.2) is 0 Å². The van der Waals surface area contributed by atoms with Gasteiger partial charge in [0.1, 0.15) is 0 Å². The monoisotopic (exact) mass is 296 g/mol. The highest BCUT2D eigenvalue weighted by Crippen LogP contribution is 2.39. The van der Waals surface area contributed by atoms with Gasteiger partial charge in [-0.3, -0.25) is 10.1 Å². The van der Waals surface area contributed by atoms with Crippen LogP contribution in [0.2, 0.25) is 0 Å². The summed E-state index contributed by atoms with van der Waals surface area (Å²) in [5.41, 5.74) is -0.812. The molecule has 1 unspecified atom stereocenters. The summed E-state index contributed by atoms with van der Waals surface area (Å²) in [6.07, 6.45) is -1.49. The number of amides is 1. The minimum absolute atomic E-state index is 0.118. The molecule has 2 aliphatic rings. The lowest BCUT2D eigenvalue weighted by Crippen LogP contribution is -2.49. The second-order valence-corrected chi connectivity index (χ2v) is 6.12. The number of nitrogens with one attached hydrogen (secondary N) is 1. The summed E-state index contributed by atoms with van der Waals surface area (Å²) in [6.45, 7) is 2.35. The number of alkyl halides is 4. The zero-order valence-electron chi connectivity index (χ0n) is 11.6. The fourth-order valence-corrected chi connectivity index (χ4v) is 3.15. The molecule has 1 amide bonds. The van der Waals surface area contributed by atoms with E-state index in [9.17, 15) is 22.4 Å². The van der Waals surface area contributed by atoms with Crippen LogP contribution in [0, 0.1) is 5.92 Å². The van der Waals surface area contributed by atoms with Crippen LogP contribution in [-0.4, -0.2) is 41.4 Å². The van der Waals surface area contributed by atoms with Crippen LogP contribution in [0.3, 0.4) is 0 Å². The van der Waals surface area contributed by atoms with E-state index in [1.54, 1.807) is 13.8 Å². The minimum Gasteiger partial charge on any atom is -0.319 e. The third-order valence-corrected chi connectivity index (χ3v) is 4.22. The molecule has 1 saturated carbocycles. The fourth-order valence-electron chi connectivity index (χ4n) is 3.15. The van der Waals surface area contributed by atoms with Gasteiger partial charge < -0.3 is 4.90 Å². The van der Waals surface area contributed by atoms with E-state index in [1.165, 1.54) is 0 Å². The van der Waals surface area contributed by atoms with Crippen LogP contribution in [-0.2, 0) is 4.79 Å². The van der Waals surface area contributed by atoms with Gasteiger partial charge in [-0.05, 0) is 18.8 Å². The Balaban J connectivity index is 2.22. The first kappa shape index (κ1) is 15.5. The van der Waals surface area contributed by atoms with Gasteiger partial charge in [-0.15, -0.1) is 0 Å². The predicted octanol–water partition coefficient (Wildman–Crippen LogP) is 2.61. The van der Waals surface area contributed by atoms with Gasteiger partial charge in [-0.1, -0.05) is 26.7 Å². The average molecular weight is 296 g/mol. The Kier molecular flexibility index (Phi) is 4.01. The summed E-state index contributed by atoms with van der Waals surface area (Å²) in [6, 6.07) is 0. The SMILES string of the molecule is CC(C)C1NC2(CCCC2)C(=O)N1CC(F)(F)C(F)F. The number of rotatable bonds is 4.